The summed E-state index contributed by atoms with van der Waals surface area (Å²) in [5, 5.41) is 0. The SMILES string of the molecule is COc1ccc(CC(=O)N2c3ccc(F)cc3CCC2C)cc1OC. The molecule has 0 radical (unpaired) electrons. The summed E-state index contributed by atoms with van der Waals surface area (Å²) in [6, 6.07) is 10.2. The highest BCUT2D eigenvalue weighted by Gasteiger charge is 2.28. The average Bonchev–Trinajstić information content (AvgIpc) is 2.61. The van der Waals surface area contributed by atoms with Crippen molar-refractivity contribution in [2.75, 3.05) is 19.1 Å². The van der Waals surface area contributed by atoms with E-state index in [9.17, 15) is 9.18 Å². The van der Waals surface area contributed by atoms with Gasteiger partial charge in [-0.05, 0) is 61.2 Å². The lowest BCUT2D eigenvalue weighted by molar-refractivity contribution is -0.118. The van der Waals surface area contributed by atoms with E-state index in [1.807, 2.05) is 19.1 Å². The summed E-state index contributed by atoms with van der Waals surface area (Å²) >= 11 is 0. The first-order valence-corrected chi connectivity index (χ1v) is 8.35. The molecule has 1 atom stereocenters. The summed E-state index contributed by atoms with van der Waals surface area (Å²) in [7, 11) is 3.15. The van der Waals surface area contributed by atoms with Crippen LogP contribution >= 0.6 is 0 Å². The summed E-state index contributed by atoms with van der Waals surface area (Å²) in [6.07, 6.45) is 1.87. The van der Waals surface area contributed by atoms with Gasteiger partial charge in [0.1, 0.15) is 5.82 Å². The molecule has 2 aromatic rings. The Labute approximate surface area is 147 Å². The first kappa shape index (κ1) is 17.3. The number of fused-ring (bicyclic) bond motifs is 1. The van der Waals surface area contributed by atoms with E-state index in [-0.39, 0.29) is 24.2 Å². The summed E-state index contributed by atoms with van der Waals surface area (Å²) in [4.78, 5) is 14.7. The minimum absolute atomic E-state index is 0.00715. The highest BCUT2D eigenvalue weighted by Crippen LogP contribution is 2.33. The van der Waals surface area contributed by atoms with E-state index in [1.165, 1.54) is 12.1 Å². The van der Waals surface area contributed by atoms with Gasteiger partial charge < -0.3 is 14.4 Å². The van der Waals surface area contributed by atoms with E-state index in [1.54, 1.807) is 31.3 Å². The van der Waals surface area contributed by atoms with Gasteiger partial charge in [-0.25, -0.2) is 4.39 Å². The van der Waals surface area contributed by atoms with Gasteiger partial charge >= 0.3 is 0 Å². The van der Waals surface area contributed by atoms with Gasteiger partial charge in [0.15, 0.2) is 11.5 Å². The van der Waals surface area contributed by atoms with Gasteiger partial charge in [0.2, 0.25) is 5.91 Å². The molecule has 0 aromatic heterocycles. The van der Waals surface area contributed by atoms with Crippen LogP contribution in [0.5, 0.6) is 11.5 Å². The number of nitrogens with zero attached hydrogens (tertiary/aromatic N) is 1. The maximum absolute atomic E-state index is 13.5. The Bertz CT molecular complexity index is 791. The van der Waals surface area contributed by atoms with Crippen LogP contribution in [0.25, 0.3) is 0 Å². The first-order valence-electron chi connectivity index (χ1n) is 8.35. The van der Waals surface area contributed by atoms with Gasteiger partial charge in [0.25, 0.3) is 0 Å². The molecule has 1 aliphatic heterocycles. The second kappa shape index (κ2) is 7.13. The molecule has 3 rings (SSSR count). The maximum Gasteiger partial charge on any atom is 0.231 e. The molecule has 1 amide bonds. The van der Waals surface area contributed by atoms with Gasteiger partial charge in [0, 0.05) is 11.7 Å². The van der Waals surface area contributed by atoms with E-state index >= 15 is 0 Å². The van der Waals surface area contributed by atoms with Crippen LogP contribution < -0.4 is 14.4 Å². The third kappa shape index (κ3) is 3.45. The van der Waals surface area contributed by atoms with Crippen molar-refractivity contribution in [1.29, 1.82) is 0 Å². The van der Waals surface area contributed by atoms with Gasteiger partial charge in [-0.2, -0.15) is 0 Å². The van der Waals surface area contributed by atoms with Crippen molar-refractivity contribution in [3.05, 3.63) is 53.3 Å². The normalized spacial score (nSPS) is 16.3. The van der Waals surface area contributed by atoms with Gasteiger partial charge in [-0.15, -0.1) is 0 Å². The summed E-state index contributed by atoms with van der Waals surface area (Å²) in [6.45, 7) is 2.03. The number of benzene rings is 2. The zero-order valence-electron chi connectivity index (χ0n) is 14.7. The van der Waals surface area contributed by atoms with Crippen molar-refractivity contribution < 1.29 is 18.7 Å². The number of halogens is 1. The number of ether oxygens (including phenoxy) is 2. The summed E-state index contributed by atoms with van der Waals surface area (Å²) in [5.74, 6) is 0.959. The largest absolute Gasteiger partial charge is 0.493 e. The van der Waals surface area contributed by atoms with Gasteiger partial charge in [0.05, 0.1) is 20.6 Å². The van der Waals surface area contributed by atoms with Gasteiger partial charge in [-0.3, -0.25) is 4.79 Å². The number of hydrogen-bond donors (Lipinski definition) is 0. The lowest BCUT2D eigenvalue weighted by atomic mass is 9.95. The van der Waals surface area contributed by atoms with Crippen LogP contribution in [0, 0.1) is 5.82 Å². The Morgan fingerprint density at radius 3 is 2.64 bits per heavy atom. The van der Waals surface area contributed by atoms with Crippen LogP contribution in [0.2, 0.25) is 0 Å². The molecule has 2 aromatic carbocycles. The highest BCUT2D eigenvalue weighted by molar-refractivity contribution is 5.96. The lowest BCUT2D eigenvalue weighted by Crippen LogP contribution is -2.43. The summed E-state index contributed by atoms with van der Waals surface area (Å²) < 4.78 is 24.0. The van der Waals surface area contributed by atoms with Crippen molar-refractivity contribution in [3.63, 3.8) is 0 Å². The molecule has 4 nitrogen and oxygen atoms in total. The fourth-order valence-electron chi connectivity index (χ4n) is 3.35. The molecule has 0 N–H and O–H groups in total. The standard InChI is InChI=1S/C20H22FNO3/c1-13-4-6-15-12-16(21)7-8-17(15)22(13)20(23)11-14-5-9-18(24-2)19(10-14)25-3/h5,7-10,12-13H,4,6,11H2,1-3H3. The fourth-order valence-corrected chi connectivity index (χ4v) is 3.35. The Kier molecular flexibility index (Phi) is 4.93. The topological polar surface area (TPSA) is 38.8 Å². The molecule has 5 heteroatoms. The number of aryl methyl sites for hydroxylation is 1. The molecule has 0 saturated carbocycles. The molecular weight excluding hydrogens is 321 g/mol. The number of methoxy groups -OCH3 is 2. The summed E-state index contributed by atoms with van der Waals surface area (Å²) in [5.41, 5.74) is 2.55. The molecule has 0 bridgehead atoms. The number of rotatable bonds is 4. The predicted octanol–water partition coefficient (Wildman–Crippen LogP) is 3.75. The second-order valence-electron chi connectivity index (χ2n) is 6.29. The first-order chi connectivity index (χ1) is 12.0. The molecular formula is C20H22FNO3. The Morgan fingerprint density at radius 2 is 1.92 bits per heavy atom. The number of anilines is 1. The highest BCUT2D eigenvalue weighted by atomic mass is 19.1. The fraction of sp³-hybridized carbons (Fsp3) is 0.350. The van der Waals surface area contributed by atoms with Crippen molar-refractivity contribution >= 4 is 11.6 Å². The van der Waals surface area contributed by atoms with E-state index in [0.717, 1.165) is 29.7 Å². The second-order valence-corrected chi connectivity index (χ2v) is 6.29. The molecule has 1 unspecified atom stereocenters. The van der Waals surface area contributed by atoms with E-state index in [2.05, 4.69) is 0 Å². The Hall–Kier alpha value is -2.56. The molecule has 0 fully saturated rings. The van der Waals surface area contributed by atoms with E-state index < -0.39 is 0 Å². The molecule has 25 heavy (non-hydrogen) atoms. The number of carbonyl (C=O) groups excluding carboxylic acids is 1. The molecule has 0 saturated heterocycles. The van der Waals surface area contributed by atoms with Crippen molar-refractivity contribution in [3.8, 4) is 11.5 Å². The molecule has 0 spiro atoms. The molecule has 1 aliphatic rings. The zero-order valence-corrected chi connectivity index (χ0v) is 14.7. The Morgan fingerprint density at radius 1 is 1.16 bits per heavy atom. The number of hydrogen-bond acceptors (Lipinski definition) is 3. The van der Waals surface area contributed by atoms with Crippen molar-refractivity contribution in [2.45, 2.75) is 32.2 Å². The quantitative estimate of drug-likeness (QED) is 0.849. The van der Waals surface area contributed by atoms with Crippen LogP contribution in [0.4, 0.5) is 10.1 Å². The maximum atomic E-state index is 13.5. The smallest absolute Gasteiger partial charge is 0.231 e. The molecule has 1 heterocycles. The zero-order chi connectivity index (χ0) is 18.0. The molecule has 0 aliphatic carbocycles. The third-order valence-electron chi connectivity index (χ3n) is 4.65. The lowest BCUT2D eigenvalue weighted by Gasteiger charge is -2.35. The Balaban J connectivity index is 1.86. The van der Waals surface area contributed by atoms with Crippen molar-refractivity contribution in [2.24, 2.45) is 0 Å². The average molecular weight is 343 g/mol. The van der Waals surface area contributed by atoms with Crippen LogP contribution in [0.1, 0.15) is 24.5 Å². The van der Waals surface area contributed by atoms with Crippen LogP contribution in [0.3, 0.4) is 0 Å². The van der Waals surface area contributed by atoms with E-state index in [4.69, 9.17) is 9.47 Å². The predicted molar refractivity (Wildman–Crippen MR) is 94.9 cm³/mol. The monoisotopic (exact) mass is 343 g/mol. The van der Waals surface area contributed by atoms with Crippen molar-refractivity contribution in [1.82, 2.24) is 0 Å². The van der Waals surface area contributed by atoms with Crippen LogP contribution in [-0.2, 0) is 17.6 Å². The van der Waals surface area contributed by atoms with E-state index in [0.29, 0.717) is 11.5 Å². The minimum Gasteiger partial charge on any atom is -0.493 e. The number of amides is 1. The number of carbonyl (C=O) groups is 1. The minimum atomic E-state index is -0.263. The molecule has 132 valence electrons. The van der Waals surface area contributed by atoms with Gasteiger partial charge in [-0.1, -0.05) is 6.07 Å². The third-order valence-corrected chi connectivity index (χ3v) is 4.65. The van der Waals surface area contributed by atoms with Crippen LogP contribution in [0.15, 0.2) is 36.4 Å². The van der Waals surface area contributed by atoms with Crippen LogP contribution in [-0.4, -0.2) is 26.2 Å².